The molecule has 1 aliphatic carbocycles. The molecule has 2 aliphatic heterocycles. The van der Waals surface area contributed by atoms with Gasteiger partial charge in [-0.15, -0.1) is 0 Å². The van der Waals surface area contributed by atoms with Gasteiger partial charge in [0.2, 0.25) is 11.6 Å². The van der Waals surface area contributed by atoms with Crippen molar-refractivity contribution in [1.29, 1.82) is 0 Å². The number of ether oxygens (including phenoxy) is 1. The molecule has 2 aromatic rings. The summed E-state index contributed by atoms with van der Waals surface area (Å²) in [6, 6.07) is 0. The van der Waals surface area contributed by atoms with E-state index in [1.807, 2.05) is 0 Å². The summed E-state index contributed by atoms with van der Waals surface area (Å²) in [7, 11) is -2.06. The van der Waals surface area contributed by atoms with Crippen molar-refractivity contribution in [2.75, 3.05) is 12.3 Å². The lowest BCUT2D eigenvalue weighted by Gasteiger charge is -2.37. The van der Waals surface area contributed by atoms with Crippen molar-refractivity contribution in [1.82, 2.24) is 19.5 Å². The number of hydrogen-bond acceptors (Lipinski definition) is 10. The van der Waals surface area contributed by atoms with Crippen molar-refractivity contribution < 1.29 is 18.2 Å². The second-order valence-corrected chi connectivity index (χ2v) is 24.5. The van der Waals surface area contributed by atoms with E-state index >= 15 is 0 Å². The third-order valence-corrected chi connectivity index (χ3v) is 19.3. The predicted octanol–water partition coefficient (Wildman–Crippen LogP) is 5.89. The van der Waals surface area contributed by atoms with E-state index in [0.29, 0.717) is 24.6 Å². The van der Waals surface area contributed by atoms with E-state index in [2.05, 4.69) is 69.2 Å². The first kappa shape index (κ1) is 30.4. The Labute approximate surface area is 246 Å². The Bertz CT molecular complexity index is 1410. The summed E-state index contributed by atoms with van der Waals surface area (Å²) >= 11 is 7.85. The van der Waals surface area contributed by atoms with Gasteiger partial charge in [0.05, 0.1) is 25.1 Å². The number of fused-ring (bicyclic) bond motifs is 2. The second kappa shape index (κ2) is 10.6. The number of anilines is 1. The van der Waals surface area contributed by atoms with E-state index in [1.165, 1.54) is 5.57 Å². The predicted molar refractivity (Wildman–Crippen MR) is 166 cm³/mol. The largest absolute Gasteiger partial charge is 0.414 e. The Hall–Kier alpha value is -1.05. The minimum Gasteiger partial charge on any atom is -0.414 e. The summed E-state index contributed by atoms with van der Waals surface area (Å²) < 4.78 is 28.2. The van der Waals surface area contributed by atoms with Crippen molar-refractivity contribution in [3.8, 4) is 0 Å². The molecule has 5 rings (SSSR count). The standard InChI is InChI=1S/C26H42N5O5PS2Si/c1-15(2)16-9-10-26(6)19(11-16)36-37(38,39-26)35-17-12-20(34-18(17)13-33-40(7,8)25(3,4)5)31-14-28-21-22(31)29-24(27)30-23(21)32/h14,16-20H,1,9-13H2,2-8H3,(H3,27,29,30,32)/t16-,17+,18-,19+,20-,26+,37?/m1/s1. The molecule has 0 radical (unpaired) electrons. The number of aromatic nitrogens is 4. The van der Waals surface area contributed by atoms with Gasteiger partial charge in [0.15, 0.2) is 19.5 Å². The number of nitrogens with zero attached hydrogens (tertiary/aromatic N) is 3. The highest BCUT2D eigenvalue weighted by atomic mass is 32.9. The molecule has 0 amide bonds. The molecule has 40 heavy (non-hydrogen) atoms. The van der Waals surface area contributed by atoms with Crippen LogP contribution in [0.1, 0.15) is 66.5 Å². The minimum absolute atomic E-state index is 0.0259. The summed E-state index contributed by atoms with van der Waals surface area (Å²) in [5, 5.41) is 0.0468. The Morgan fingerprint density at radius 2 is 2.15 bits per heavy atom. The van der Waals surface area contributed by atoms with Crippen molar-refractivity contribution in [2.24, 2.45) is 5.92 Å². The fourth-order valence-corrected chi connectivity index (χ4v) is 14.0. The van der Waals surface area contributed by atoms with Crippen LogP contribution in [0.3, 0.4) is 0 Å². The molecule has 3 aliphatic rings. The van der Waals surface area contributed by atoms with Gasteiger partial charge in [-0.3, -0.25) is 14.3 Å². The first-order valence-electron chi connectivity index (χ1n) is 13.8. The average molecular weight is 628 g/mol. The molecule has 222 valence electrons. The van der Waals surface area contributed by atoms with Crippen molar-refractivity contribution in [3.63, 3.8) is 0 Å². The lowest BCUT2D eigenvalue weighted by Crippen LogP contribution is -2.44. The monoisotopic (exact) mass is 627 g/mol. The normalized spacial score (nSPS) is 34.8. The number of nitrogen functional groups attached to an aromatic ring is 1. The fraction of sp³-hybridized carbons (Fsp3) is 0.731. The smallest absolute Gasteiger partial charge is 0.280 e. The van der Waals surface area contributed by atoms with Crippen LogP contribution in [0.15, 0.2) is 23.3 Å². The maximum atomic E-state index is 12.4. The van der Waals surface area contributed by atoms with Crippen molar-refractivity contribution in [3.05, 3.63) is 28.8 Å². The third kappa shape index (κ3) is 5.77. The summed E-state index contributed by atoms with van der Waals surface area (Å²) in [5.41, 5.74) is 4.57. The van der Waals surface area contributed by atoms with E-state index in [9.17, 15) is 4.79 Å². The van der Waals surface area contributed by atoms with Gasteiger partial charge in [0.25, 0.3) is 5.56 Å². The number of hydrogen-bond donors (Lipinski definition) is 2. The molecule has 4 heterocycles. The van der Waals surface area contributed by atoms with Gasteiger partial charge < -0.3 is 23.9 Å². The minimum atomic E-state index is -2.67. The Morgan fingerprint density at radius 3 is 2.83 bits per heavy atom. The third-order valence-electron chi connectivity index (χ3n) is 9.06. The van der Waals surface area contributed by atoms with Crippen LogP contribution in [0, 0.1) is 5.92 Å². The molecule has 1 unspecified atom stereocenters. The van der Waals surface area contributed by atoms with Crippen molar-refractivity contribution in [2.45, 2.75) is 108 Å². The highest BCUT2D eigenvalue weighted by molar-refractivity contribution is 8.68. The Balaban J connectivity index is 1.40. The van der Waals surface area contributed by atoms with Crippen LogP contribution in [0.5, 0.6) is 0 Å². The summed E-state index contributed by atoms with van der Waals surface area (Å²) in [5.74, 6) is 0.473. The van der Waals surface area contributed by atoms with Crippen LogP contribution < -0.4 is 11.3 Å². The molecule has 0 spiro atoms. The van der Waals surface area contributed by atoms with Gasteiger partial charge in [-0.05, 0) is 69.0 Å². The Morgan fingerprint density at radius 1 is 1.43 bits per heavy atom. The lowest BCUT2D eigenvalue weighted by molar-refractivity contribution is -0.0370. The number of nitrogens with two attached hydrogens (primary N) is 1. The van der Waals surface area contributed by atoms with Crippen LogP contribution in [0.2, 0.25) is 18.1 Å². The first-order chi connectivity index (χ1) is 18.5. The zero-order valence-corrected chi connectivity index (χ0v) is 28.0. The molecule has 1 saturated carbocycles. The maximum absolute atomic E-state index is 12.4. The fourth-order valence-electron chi connectivity index (χ4n) is 5.39. The van der Waals surface area contributed by atoms with E-state index in [4.69, 9.17) is 35.8 Å². The van der Waals surface area contributed by atoms with Gasteiger partial charge >= 0.3 is 0 Å². The van der Waals surface area contributed by atoms with Gasteiger partial charge in [0, 0.05) is 11.2 Å². The van der Waals surface area contributed by atoms with Gasteiger partial charge in [-0.25, -0.2) is 4.98 Å². The highest BCUT2D eigenvalue weighted by Gasteiger charge is 2.55. The first-order valence-corrected chi connectivity index (χ1v) is 20.8. The van der Waals surface area contributed by atoms with Crippen LogP contribution in [-0.4, -0.2) is 57.5 Å². The van der Waals surface area contributed by atoms with Crippen LogP contribution >= 0.6 is 17.1 Å². The molecule has 2 aromatic heterocycles. The zero-order valence-electron chi connectivity index (χ0n) is 24.4. The molecular weight excluding hydrogens is 586 g/mol. The van der Waals surface area contributed by atoms with Gasteiger partial charge in [-0.2, -0.15) is 4.98 Å². The summed E-state index contributed by atoms with van der Waals surface area (Å²) in [6.07, 6.45) is 3.92. The van der Waals surface area contributed by atoms with E-state index in [-0.39, 0.29) is 45.1 Å². The molecule has 7 atom stereocenters. The average Bonchev–Trinajstić information content (AvgIpc) is 3.49. The van der Waals surface area contributed by atoms with E-state index in [1.54, 1.807) is 22.3 Å². The lowest BCUT2D eigenvalue weighted by atomic mass is 9.77. The summed E-state index contributed by atoms with van der Waals surface area (Å²) in [4.78, 5) is 23.5. The second-order valence-electron chi connectivity index (χ2n) is 13.1. The molecule has 14 heteroatoms. The molecule has 2 saturated heterocycles. The van der Waals surface area contributed by atoms with Crippen molar-refractivity contribution >= 4 is 54.3 Å². The van der Waals surface area contributed by atoms with E-state index < -0.39 is 20.2 Å². The van der Waals surface area contributed by atoms with Crippen LogP contribution in [0.4, 0.5) is 5.95 Å². The maximum Gasteiger partial charge on any atom is 0.280 e. The van der Waals surface area contributed by atoms with Gasteiger partial charge in [0.1, 0.15) is 12.3 Å². The topological polar surface area (TPSA) is 127 Å². The molecule has 3 fully saturated rings. The number of aromatic amines is 1. The van der Waals surface area contributed by atoms with E-state index in [0.717, 1.165) is 19.3 Å². The molecule has 10 nitrogen and oxygen atoms in total. The number of nitrogens with one attached hydrogen (secondary N) is 1. The summed E-state index contributed by atoms with van der Waals surface area (Å²) in [6.45, 7) is 20.0. The quantitative estimate of drug-likeness (QED) is 0.218. The molecule has 3 N–H and O–H groups in total. The van der Waals surface area contributed by atoms with Crippen LogP contribution in [0.25, 0.3) is 11.2 Å². The number of imidazole rings is 1. The highest BCUT2D eigenvalue weighted by Crippen LogP contribution is 2.76. The Kier molecular flexibility index (Phi) is 8.05. The number of allylic oxidation sites excluding steroid dienone is 1. The number of H-pyrrole nitrogens is 1. The van der Waals surface area contributed by atoms with Crippen LogP contribution in [-0.2, 0) is 30.0 Å². The molecule has 0 bridgehead atoms. The zero-order chi connectivity index (χ0) is 29.3. The molecular formula is C26H42N5O5PS2Si. The molecule has 0 aromatic carbocycles. The van der Waals surface area contributed by atoms with Gasteiger partial charge in [-0.1, -0.05) is 44.3 Å². The number of rotatable bonds is 7. The SMILES string of the molecule is C=C(C)[C@@H]1CC[C@]2(C)SP(=S)(O[C@H]3C[C@H](n4cnc5c(=O)[nH]c(N)nc54)O[C@@H]3CO[Si](C)(C)C(C)(C)C)O[C@H]2C1.